The van der Waals surface area contributed by atoms with E-state index in [9.17, 15) is 24.3 Å². The van der Waals surface area contributed by atoms with Crippen LogP contribution in [0.1, 0.15) is 48.5 Å². The minimum Gasteiger partial charge on any atom is -0.507 e. The van der Waals surface area contributed by atoms with Crippen LogP contribution in [0.2, 0.25) is 0 Å². The van der Waals surface area contributed by atoms with Gasteiger partial charge in [-0.2, -0.15) is 5.01 Å². The van der Waals surface area contributed by atoms with Crippen LogP contribution in [-0.4, -0.2) is 40.2 Å². The number of phenols is 1. The Kier molecular flexibility index (Phi) is 6.77. The molecule has 176 valence electrons. The number of hydrogen-bond donors (Lipinski definition) is 2. The summed E-state index contributed by atoms with van der Waals surface area (Å²) in [6, 6.07) is 13.1. The van der Waals surface area contributed by atoms with Crippen molar-refractivity contribution in [3.8, 4) is 11.5 Å². The Hall–Kier alpha value is -3.94. The molecule has 0 aromatic heterocycles. The van der Waals surface area contributed by atoms with Gasteiger partial charge in [0, 0.05) is 23.6 Å². The number of amides is 3. The topological polar surface area (TPSA) is 113 Å². The third-order valence-electron chi connectivity index (χ3n) is 6.03. The summed E-state index contributed by atoms with van der Waals surface area (Å²) < 4.78 is 5.57. The fourth-order valence-corrected chi connectivity index (χ4v) is 4.20. The summed E-state index contributed by atoms with van der Waals surface area (Å²) >= 11 is 0. The van der Waals surface area contributed by atoms with Gasteiger partial charge in [-0.3, -0.25) is 24.6 Å². The molecule has 1 fully saturated rings. The van der Waals surface area contributed by atoms with Crippen LogP contribution in [0.5, 0.6) is 11.5 Å². The number of carbonyl (C=O) groups is 4. The Morgan fingerprint density at radius 2 is 1.91 bits per heavy atom. The van der Waals surface area contributed by atoms with Crippen molar-refractivity contribution in [3.63, 3.8) is 0 Å². The lowest BCUT2D eigenvalue weighted by Gasteiger charge is -2.19. The van der Waals surface area contributed by atoms with E-state index in [0.29, 0.717) is 35.6 Å². The van der Waals surface area contributed by atoms with Crippen molar-refractivity contribution in [2.24, 2.45) is 11.8 Å². The highest BCUT2D eigenvalue weighted by atomic mass is 16.5. The molecule has 1 heterocycles. The first-order valence-corrected chi connectivity index (χ1v) is 11.3. The SMILES string of the molecule is CC1CC=C2C(=O)N(NC(=O)CCCOc3ccc(C(=O)c4ccccc4)c(O)c3)C(=O)C2C1. The molecule has 0 saturated carbocycles. The summed E-state index contributed by atoms with van der Waals surface area (Å²) in [5.41, 5.74) is 3.53. The van der Waals surface area contributed by atoms with E-state index in [0.717, 1.165) is 11.4 Å². The number of aromatic hydroxyl groups is 1. The first-order valence-electron chi connectivity index (χ1n) is 11.3. The molecule has 1 aliphatic heterocycles. The molecule has 2 aromatic carbocycles. The molecule has 8 nitrogen and oxygen atoms in total. The van der Waals surface area contributed by atoms with Crippen LogP contribution in [0.25, 0.3) is 0 Å². The number of ether oxygens (including phenoxy) is 1. The van der Waals surface area contributed by atoms with E-state index in [1.54, 1.807) is 42.5 Å². The van der Waals surface area contributed by atoms with Gasteiger partial charge in [0.1, 0.15) is 11.5 Å². The Labute approximate surface area is 197 Å². The number of benzene rings is 2. The summed E-state index contributed by atoms with van der Waals surface area (Å²) in [6.45, 7) is 2.20. The lowest BCUT2D eigenvalue weighted by atomic mass is 9.83. The van der Waals surface area contributed by atoms with Gasteiger partial charge in [0.15, 0.2) is 5.78 Å². The molecular formula is C26H26N2O6. The van der Waals surface area contributed by atoms with Crippen LogP contribution in [0.15, 0.2) is 60.2 Å². The maximum Gasteiger partial charge on any atom is 0.275 e. The normalized spacial score (nSPS) is 19.4. The number of phenolic OH excluding ortho intramolecular Hbond substituents is 1. The number of ketones is 1. The number of hydrazine groups is 1. The highest BCUT2D eigenvalue weighted by Crippen LogP contribution is 2.35. The minimum atomic E-state index is -0.468. The van der Waals surface area contributed by atoms with Crippen molar-refractivity contribution in [3.05, 3.63) is 71.3 Å². The monoisotopic (exact) mass is 462 g/mol. The molecule has 34 heavy (non-hydrogen) atoms. The fourth-order valence-electron chi connectivity index (χ4n) is 4.20. The van der Waals surface area contributed by atoms with Gasteiger partial charge in [0.05, 0.1) is 18.1 Å². The highest BCUT2D eigenvalue weighted by Gasteiger charge is 2.45. The molecule has 1 aliphatic carbocycles. The first kappa shape index (κ1) is 23.2. The molecule has 2 aromatic rings. The molecule has 4 rings (SSSR count). The Balaban J connectivity index is 1.25. The number of nitrogens with zero attached hydrogens (tertiary/aromatic N) is 1. The van der Waals surface area contributed by atoms with E-state index in [-0.39, 0.29) is 36.0 Å². The van der Waals surface area contributed by atoms with Crippen molar-refractivity contribution >= 4 is 23.5 Å². The van der Waals surface area contributed by atoms with E-state index in [2.05, 4.69) is 5.43 Å². The zero-order valence-corrected chi connectivity index (χ0v) is 18.8. The van der Waals surface area contributed by atoms with Crippen LogP contribution in [0.4, 0.5) is 0 Å². The van der Waals surface area contributed by atoms with Crippen LogP contribution < -0.4 is 10.2 Å². The second-order valence-electron chi connectivity index (χ2n) is 8.63. The third-order valence-corrected chi connectivity index (χ3v) is 6.03. The molecule has 0 spiro atoms. The molecule has 0 bridgehead atoms. The lowest BCUT2D eigenvalue weighted by molar-refractivity contribution is -0.148. The first-order chi connectivity index (χ1) is 16.3. The molecule has 2 unspecified atom stereocenters. The van der Waals surface area contributed by atoms with Crippen LogP contribution >= 0.6 is 0 Å². The van der Waals surface area contributed by atoms with E-state index in [1.165, 1.54) is 12.1 Å². The fraction of sp³-hybridized carbons (Fsp3) is 0.308. The summed E-state index contributed by atoms with van der Waals surface area (Å²) in [4.78, 5) is 49.7. The van der Waals surface area contributed by atoms with Gasteiger partial charge in [0.25, 0.3) is 11.8 Å². The van der Waals surface area contributed by atoms with Gasteiger partial charge in [-0.1, -0.05) is 43.3 Å². The standard InChI is InChI=1S/C26H26N2O6/c1-16-9-11-19-21(14-16)26(33)28(25(19)32)27-23(30)8-5-13-34-18-10-12-20(22(29)15-18)24(31)17-6-3-2-4-7-17/h2-4,6-7,10-12,15-16,21,29H,5,8-9,13-14H2,1H3,(H,27,30). The summed E-state index contributed by atoms with van der Waals surface area (Å²) in [6.07, 6.45) is 3.54. The lowest BCUT2D eigenvalue weighted by Crippen LogP contribution is -2.46. The number of hydrogen-bond acceptors (Lipinski definition) is 6. The predicted octanol–water partition coefficient (Wildman–Crippen LogP) is 3.15. The second-order valence-corrected chi connectivity index (χ2v) is 8.63. The summed E-state index contributed by atoms with van der Waals surface area (Å²) in [5, 5.41) is 11.1. The molecule has 8 heteroatoms. The number of rotatable bonds is 8. The Morgan fingerprint density at radius 1 is 1.15 bits per heavy atom. The van der Waals surface area contributed by atoms with Crippen LogP contribution in [0.3, 0.4) is 0 Å². The van der Waals surface area contributed by atoms with Gasteiger partial charge < -0.3 is 9.84 Å². The number of fused-ring (bicyclic) bond motifs is 1. The molecular weight excluding hydrogens is 436 g/mol. The Morgan fingerprint density at radius 3 is 2.65 bits per heavy atom. The summed E-state index contributed by atoms with van der Waals surface area (Å²) in [7, 11) is 0. The van der Waals surface area contributed by atoms with Crippen molar-refractivity contribution < 1.29 is 29.0 Å². The zero-order valence-electron chi connectivity index (χ0n) is 18.8. The molecule has 2 N–H and O–H groups in total. The number of imide groups is 1. The maximum atomic E-state index is 12.5. The number of nitrogens with one attached hydrogen (secondary N) is 1. The molecule has 0 radical (unpaired) electrons. The van der Waals surface area contributed by atoms with Gasteiger partial charge in [0.2, 0.25) is 5.91 Å². The average Bonchev–Trinajstić information content (AvgIpc) is 3.06. The average molecular weight is 463 g/mol. The molecule has 1 saturated heterocycles. The van der Waals surface area contributed by atoms with Crippen molar-refractivity contribution in [2.75, 3.05) is 6.61 Å². The highest BCUT2D eigenvalue weighted by molar-refractivity contribution is 6.15. The number of carbonyl (C=O) groups excluding carboxylic acids is 4. The van der Waals surface area contributed by atoms with Crippen molar-refractivity contribution in [1.82, 2.24) is 10.4 Å². The summed E-state index contributed by atoms with van der Waals surface area (Å²) in [5.74, 6) is -1.56. The maximum absolute atomic E-state index is 12.5. The molecule has 3 amide bonds. The smallest absolute Gasteiger partial charge is 0.275 e. The predicted molar refractivity (Wildman–Crippen MR) is 123 cm³/mol. The van der Waals surface area contributed by atoms with Crippen molar-refractivity contribution in [2.45, 2.75) is 32.6 Å². The van der Waals surface area contributed by atoms with E-state index in [1.807, 2.05) is 6.92 Å². The van der Waals surface area contributed by atoms with E-state index >= 15 is 0 Å². The van der Waals surface area contributed by atoms with Gasteiger partial charge in [-0.15, -0.1) is 0 Å². The van der Waals surface area contributed by atoms with Crippen molar-refractivity contribution in [1.29, 1.82) is 0 Å². The molecule has 2 atom stereocenters. The third kappa shape index (κ3) is 4.85. The molecule has 2 aliphatic rings. The number of allylic oxidation sites excluding steroid dienone is 1. The largest absolute Gasteiger partial charge is 0.507 e. The Bertz CT molecular complexity index is 1160. The van der Waals surface area contributed by atoms with Gasteiger partial charge >= 0.3 is 0 Å². The van der Waals surface area contributed by atoms with Crippen LogP contribution in [0, 0.1) is 11.8 Å². The second kappa shape index (κ2) is 9.91. The quantitative estimate of drug-likeness (QED) is 0.354. The van der Waals surface area contributed by atoms with Crippen LogP contribution in [-0.2, 0) is 14.4 Å². The van der Waals surface area contributed by atoms with E-state index in [4.69, 9.17) is 4.74 Å². The van der Waals surface area contributed by atoms with E-state index < -0.39 is 17.7 Å². The van der Waals surface area contributed by atoms with Gasteiger partial charge in [-0.25, -0.2) is 0 Å². The van der Waals surface area contributed by atoms with Gasteiger partial charge in [-0.05, 0) is 37.3 Å². The minimum absolute atomic E-state index is 0.0493. The zero-order chi connectivity index (χ0) is 24.2.